The van der Waals surface area contributed by atoms with Gasteiger partial charge >= 0.3 is 0 Å². The molecule has 1 aromatic rings. The molecule has 1 amide bonds. The van der Waals surface area contributed by atoms with E-state index in [0.717, 1.165) is 10.6 Å². The summed E-state index contributed by atoms with van der Waals surface area (Å²) in [7, 11) is 0. The van der Waals surface area contributed by atoms with Crippen LogP contribution in [0.2, 0.25) is 0 Å². The molecule has 0 saturated carbocycles. The van der Waals surface area contributed by atoms with Gasteiger partial charge in [0.15, 0.2) is 0 Å². The molecule has 1 aromatic carbocycles. The quantitative estimate of drug-likeness (QED) is 0.415. The smallest absolute Gasteiger partial charge is 0.243 e. The van der Waals surface area contributed by atoms with Gasteiger partial charge in [-0.15, -0.1) is 4.91 Å². The third-order valence-corrected chi connectivity index (χ3v) is 1.70. The molecule has 0 N–H and O–H groups in total. The SMILES string of the molecule is CC(=O)N(CC#Cc1ccccc1)N=O. The molecule has 0 aromatic heterocycles. The van der Waals surface area contributed by atoms with Gasteiger partial charge in [0.25, 0.3) is 0 Å². The maximum atomic E-state index is 10.8. The molecule has 0 aliphatic rings. The van der Waals surface area contributed by atoms with Crippen molar-refractivity contribution in [3.63, 3.8) is 0 Å². The first-order chi connectivity index (χ1) is 7.24. The molecule has 0 aliphatic carbocycles. The van der Waals surface area contributed by atoms with Crippen molar-refractivity contribution in [1.82, 2.24) is 5.01 Å². The number of carbonyl (C=O) groups is 1. The second kappa shape index (κ2) is 5.55. The lowest BCUT2D eigenvalue weighted by Gasteiger charge is -2.04. The number of carbonyl (C=O) groups excluding carboxylic acids is 1. The Morgan fingerprint density at radius 3 is 2.60 bits per heavy atom. The van der Waals surface area contributed by atoms with Crippen molar-refractivity contribution in [3.8, 4) is 11.8 Å². The van der Waals surface area contributed by atoms with E-state index in [1.54, 1.807) is 0 Å². The number of nitrogens with zero attached hydrogens (tertiary/aromatic N) is 2. The van der Waals surface area contributed by atoms with Gasteiger partial charge in [-0.2, -0.15) is 5.01 Å². The highest BCUT2D eigenvalue weighted by Crippen LogP contribution is 1.95. The summed E-state index contributed by atoms with van der Waals surface area (Å²) in [5, 5.41) is 3.32. The molecule has 0 unspecified atom stereocenters. The molecule has 0 aliphatic heterocycles. The second-order valence-electron chi connectivity index (χ2n) is 2.83. The first kappa shape index (κ1) is 10.9. The van der Waals surface area contributed by atoms with E-state index < -0.39 is 5.91 Å². The fourth-order valence-electron chi connectivity index (χ4n) is 0.936. The molecule has 1 rings (SSSR count). The van der Waals surface area contributed by atoms with E-state index >= 15 is 0 Å². The average molecular weight is 202 g/mol. The van der Waals surface area contributed by atoms with Crippen LogP contribution in [0.1, 0.15) is 12.5 Å². The topological polar surface area (TPSA) is 49.7 Å². The lowest BCUT2D eigenvalue weighted by Crippen LogP contribution is -2.22. The van der Waals surface area contributed by atoms with E-state index in [-0.39, 0.29) is 6.54 Å². The van der Waals surface area contributed by atoms with E-state index in [0.29, 0.717) is 0 Å². The fraction of sp³-hybridized carbons (Fsp3) is 0.182. The molecule has 76 valence electrons. The van der Waals surface area contributed by atoms with Crippen LogP contribution in [0.4, 0.5) is 0 Å². The van der Waals surface area contributed by atoms with Gasteiger partial charge in [-0.05, 0) is 12.1 Å². The Morgan fingerprint density at radius 1 is 1.40 bits per heavy atom. The van der Waals surface area contributed by atoms with Crippen LogP contribution in [0.5, 0.6) is 0 Å². The number of rotatable bonds is 2. The van der Waals surface area contributed by atoms with Crippen LogP contribution in [0.25, 0.3) is 0 Å². The normalized spacial score (nSPS) is 8.60. The van der Waals surface area contributed by atoms with Gasteiger partial charge in [0.2, 0.25) is 5.91 Å². The van der Waals surface area contributed by atoms with E-state index in [4.69, 9.17) is 0 Å². The van der Waals surface area contributed by atoms with E-state index in [1.807, 2.05) is 30.3 Å². The number of hydrogen-bond donors (Lipinski definition) is 0. The van der Waals surface area contributed by atoms with Gasteiger partial charge in [-0.25, -0.2) is 0 Å². The summed E-state index contributed by atoms with van der Waals surface area (Å²) in [5.41, 5.74) is 0.840. The van der Waals surface area contributed by atoms with Crippen LogP contribution >= 0.6 is 0 Å². The van der Waals surface area contributed by atoms with Crippen molar-refractivity contribution in [1.29, 1.82) is 0 Å². The molecule has 0 heterocycles. The van der Waals surface area contributed by atoms with Gasteiger partial charge < -0.3 is 0 Å². The zero-order valence-corrected chi connectivity index (χ0v) is 8.30. The molecule has 4 heteroatoms. The Kier molecular flexibility index (Phi) is 4.05. The summed E-state index contributed by atoms with van der Waals surface area (Å²) in [5.74, 6) is 5.11. The first-order valence-corrected chi connectivity index (χ1v) is 4.39. The Hall–Kier alpha value is -2.15. The number of benzene rings is 1. The van der Waals surface area contributed by atoms with Crippen LogP contribution in [0, 0.1) is 16.7 Å². The summed E-state index contributed by atoms with van der Waals surface area (Å²) in [6.45, 7) is 1.29. The highest BCUT2D eigenvalue weighted by molar-refractivity contribution is 5.73. The van der Waals surface area contributed by atoms with Gasteiger partial charge in [0.1, 0.15) is 6.54 Å². The predicted molar refractivity (Wildman–Crippen MR) is 56.5 cm³/mol. The Bertz CT molecular complexity index is 404. The van der Waals surface area contributed by atoms with E-state index in [9.17, 15) is 9.70 Å². The van der Waals surface area contributed by atoms with Crippen molar-refractivity contribution in [2.45, 2.75) is 6.92 Å². The molecular weight excluding hydrogens is 192 g/mol. The van der Waals surface area contributed by atoms with E-state index in [2.05, 4.69) is 17.1 Å². The second-order valence-corrected chi connectivity index (χ2v) is 2.83. The Labute approximate surface area is 87.8 Å². The fourth-order valence-corrected chi connectivity index (χ4v) is 0.936. The van der Waals surface area contributed by atoms with Gasteiger partial charge in [-0.1, -0.05) is 30.0 Å². The highest BCUT2D eigenvalue weighted by atomic mass is 16.3. The van der Waals surface area contributed by atoms with E-state index in [1.165, 1.54) is 6.92 Å². The van der Waals surface area contributed by atoms with Crippen LogP contribution in [-0.4, -0.2) is 17.5 Å². The monoisotopic (exact) mass is 202 g/mol. The first-order valence-electron chi connectivity index (χ1n) is 4.39. The summed E-state index contributed by atoms with van der Waals surface area (Å²) >= 11 is 0. The average Bonchev–Trinajstić information content (AvgIpc) is 2.25. The lowest BCUT2D eigenvalue weighted by atomic mass is 10.2. The minimum atomic E-state index is -0.410. The maximum absolute atomic E-state index is 10.8. The number of hydrogen-bond acceptors (Lipinski definition) is 3. The van der Waals surface area contributed by atoms with Crippen molar-refractivity contribution in [3.05, 3.63) is 40.8 Å². The maximum Gasteiger partial charge on any atom is 0.243 e. The summed E-state index contributed by atoms with van der Waals surface area (Å²) < 4.78 is 0. The zero-order chi connectivity index (χ0) is 11.1. The standard InChI is InChI=1S/C11H10N2O2/c1-10(14)13(12-15)9-5-8-11-6-3-2-4-7-11/h2-4,6-7H,9H2,1H3. The van der Waals surface area contributed by atoms with Crippen molar-refractivity contribution >= 4 is 5.91 Å². The van der Waals surface area contributed by atoms with Gasteiger partial charge in [0.05, 0.1) is 5.29 Å². The molecule has 0 atom stereocenters. The van der Waals surface area contributed by atoms with Crippen LogP contribution < -0.4 is 0 Å². The third-order valence-electron chi connectivity index (χ3n) is 1.70. The van der Waals surface area contributed by atoms with Gasteiger partial charge in [0, 0.05) is 12.5 Å². The van der Waals surface area contributed by atoms with Crippen molar-refractivity contribution in [2.75, 3.05) is 6.54 Å². The molecule has 0 spiro atoms. The highest BCUT2D eigenvalue weighted by Gasteiger charge is 2.04. The number of amides is 1. The summed E-state index contributed by atoms with van der Waals surface area (Å²) in [6, 6.07) is 9.31. The zero-order valence-electron chi connectivity index (χ0n) is 8.30. The molecule has 0 fully saturated rings. The largest absolute Gasteiger partial charge is 0.273 e. The third kappa shape index (κ3) is 3.61. The lowest BCUT2D eigenvalue weighted by molar-refractivity contribution is -0.128. The van der Waals surface area contributed by atoms with Crippen molar-refractivity contribution < 1.29 is 4.79 Å². The molecular formula is C11H10N2O2. The Balaban J connectivity index is 2.60. The molecule has 0 bridgehead atoms. The summed E-state index contributed by atoms with van der Waals surface area (Å²) in [6.07, 6.45) is 0. The molecule has 4 nitrogen and oxygen atoms in total. The van der Waals surface area contributed by atoms with Crippen LogP contribution in [0.3, 0.4) is 0 Å². The van der Waals surface area contributed by atoms with Crippen molar-refractivity contribution in [2.24, 2.45) is 5.29 Å². The Morgan fingerprint density at radius 2 is 2.07 bits per heavy atom. The summed E-state index contributed by atoms with van der Waals surface area (Å²) in [4.78, 5) is 21.0. The van der Waals surface area contributed by atoms with Crippen LogP contribution in [-0.2, 0) is 4.79 Å². The molecule has 0 saturated heterocycles. The van der Waals surface area contributed by atoms with Crippen LogP contribution in [0.15, 0.2) is 35.6 Å². The molecule has 15 heavy (non-hydrogen) atoms. The minimum absolute atomic E-state index is 0.0216. The minimum Gasteiger partial charge on any atom is -0.273 e. The predicted octanol–water partition coefficient (Wildman–Crippen LogP) is 1.57. The number of nitroso groups, excluding NO2 is 1. The van der Waals surface area contributed by atoms with Gasteiger partial charge in [-0.3, -0.25) is 4.79 Å². The molecule has 0 radical (unpaired) electrons.